The lowest BCUT2D eigenvalue weighted by atomic mass is 10.1. The quantitative estimate of drug-likeness (QED) is 0.0175. The van der Waals surface area contributed by atoms with Gasteiger partial charge in [0.05, 0.1) is 6.61 Å². The van der Waals surface area contributed by atoms with Crippen LogP contribution in [0.1, 0.15) is 162 Å². The van der Waals surface area contributed by atoms with E-state index in [1.54, 1.807) is 12.2 Å². The van der Waals surface area contributed by atoms with Gasteiger partial charge in [0.25, 0.3) is 0 Å². The summed E-state index contributed by atoms with van der Waals surface area (Å²) in [6.07, 6.45) is 40.3. The minimum absolute atomic E-state index is 0.175. The lowest BCUT2D eigenvalue weighted by Gasteiger charge is -2.18. The predicted molar refractivity (Wildman–Crippen MR) is 193 cm³/mol. The van der Waals surface area contributed by atoms with Crippen LogP contribution >= 0.6 is 7.82 Å². The number of esters is 2. The van der Waals surface area contributed by atoms with Crippen LogP contribution in [0.2, 0.25) is 0 Å². The van der Waals surface area contributed by atoms with Crippen LogP contribution in [0, 0.1) is 0 Å². The molecule has 0 aliphatic rings. The second-order valence-corrected chi connectivity index (χ2v) is 13.5. The van der Waals surface area contributed by atoms with E-state index in [1.165, 1.54) is 83.1 Å². The molecule has 0 saturated carbocycles. The Morgan fingerprint density at radius 2 is 1.13 bits per heavy atom. The van der Waals surface area contributed by atoms with Crippen molar-refractivity contribution in [3.8, 4) is 0 Å². The fourth-order valence-electron chi connectivity index (χ4n) is 4.89. The van der Waals surface area contributed by atoms with Gasteiger partial charge in [-0.3, -0.25) is 9.32 Å². The van der Waals surface area contributed by atoms with Crippen molar-refractivity contribution in [1.82, 2.24) is 0 Å². The summed E-state index contributed by atoms with van der Waals surface area (Å²) in [6.45, 7) is 3.51. The molecular formula is C38H67O8P. The highest BCUT2D eigenvalue weighted by molar-refractivity contribution is 7.46. The van der Waals surface area contributed by atoms with Gasteiger partial charge in [-0.2, -0.15) is 0 Å². The van der Waals surface area contributed by atoms with Crippen molar-refractivity contribution in [2.75, 3.05) is 13.2 Å². The Labute approximate surface area is 286 Å². The molecule has 2 N–H and O–H groups in total. The molecule has 0 aromatic carbocycles. The molecule has 272 valence electrons. The van der Waals surface area contributed by atoms with E-state index < -0.39 is 32.5 Å². The number of phosphoric ester groups is 1. The van der Waals surface area contributed by atoms with Crippen molar-refractivity contribution in [3.63, 3.8) is 0 Å². The smallest absolute Gasteiger partial charge is 0.458 e. The first-order valence-electron chi connectivity index (χ1n) is 18.5. The SMILES string of the molecule is CCCC/C=C/C/C=C/CCCCCCCC(=O)O[C@H](COC(=O)/C=C/C=C/CCCCCCCCCCCCC)COP(=O)(O)O. The van der Waals surface area contributed by atoms with E-state index in [2.05, 4.69) is 42.7 Å². The molecule has 0 aromatic rings. The minimum atomic E-state index is -4.77. The predicted octanol–water partition coefficient (Wildman–Crippen LogP) is 10.8. The first-order valence-corrected chi connectivity index (χ1v) is 20.0. The van der Waals surface area contributed by atoms with Crippen molar-refractivity contribution in [3.05, 3.63) is 48.6 Å². The zero-order valence-electron chi connectivity index (χ0n) is 29.7. The Morgan fingerprint density at radius 1 is 0.617 bits per heavy atom. The Hall–Kier alpha value is -1.99. The third-order valence-electron chi connectivity index (χ3n) is 7.67. The highest BCUT2D eigenvalue weighted by Crippen LogP contribution is 2.35. The molecule has 0 bridgehead atoms. The summed E-state index contributed by atoms with van der Waals surface area (Å²) >= 11 is 0. The van der Waals surface area contributed by atoms with Gasteiger partial charge in [0.2, 0.25) is 0 Å². The third kappa shape index (κ3) is 36.7. The van der Waals surface area contributed by atoms with Gasteiger partial charge in [-0.1, -0.05) is 153 Å². The van der Waals surface area contributed by atoms with Crippen molar-refractivity contribution in [1.29, 1.82) is 0 Å². The van der Waals surface area contributed by atoms with Gasteiger partial charge in [-0.25, -0.2) is 9.36 Å². The Morgan fingerprint density at radius 3 is 1.70 bits per heavy atom. The maximum absolute atomic E-state index is 12.3. The summed E-state index contributed by atoms with van der Waals surface area (Å²) in [7, 11) is -4.77. The van der Waals surface area contributed by atoms with Crippen molar-refractivity contribution in [2.24, 2.45) is 0 Å². The second-order valence-electron chi connectivity index (χ2n) is 12.3. The van der Waals surface area contributed by atoms with Crippen LogP contribution in [-0.4, -0.2) is 41.0 Å². The molecule has 0 amide bonds. The summed E-state index contributed by atoms with van der Waals surface area (Å²) in [5.74, 6) is -1.16. The molecular weight excluding hydrogens is 615 g/mol. The maximum atomic E-state index is 12.3. The largest absolute Gasteiger partial charge is 0.469 e. The number of ether oxygens (including phenoxy) is 2. The molecule has 0 aliphatic heterocycles. The number of hydrogen-bond acceptors (Lipinski definition) is 6. The molecule has 8 nitrogen and oxygen atoms in total. The van der Waals surface area contributed by atoms with Crippen LogP contribution in [0.5, 0.6) is 0 Å². The van der Waals surface area contributed by atoms with E-state index in [4.69, 9.17) is 19.3 Å². The molecule has 0 aliphatic carbocycles. The van der Waals surface area contributed by atoms with Crippen molar-refractivity contribution in [2.45, 2.75) is 168 Å². The number of phosphoric acid groups is 1. The number of unbranched alkanes of at least 4 members (excludes halogenated alkanes) is 18. The lowest BCUT2D eigenvalue weighted by Crippen LogP contribution is -2.29. The van der Waals surface area contributed by atoms with Crippen LogP contribution in [0.4, 0.5) is 0 Å². The molecule has 0 rings (SSSR count). The van der Waals surface area contributed by atoms with Crippen molar-refractivity contribution < 1.29 is 37.9 Å². The van der Waals surface area contributed by atoms with E-state index >= 15 is 0 Å². The van der Waals surface area contributed by atoms with Gasteiger partial charge >= 0.3 is 19.8 Å². The summed E-state index contributed by atoms with van der Waals surface area (Å²) in [5.41, 5.74) is 0. The Kier molecular flexibility index (Phi) is 32.5. The molecule has 0 heterocycles. The molecule has 47 heavy (non-hydrogen) atoms. The average molecular weight is 683 g/mol. The van der Waals surface area contributed by atoms with Crippen LogP contribution in [-0.2, 0) is 28.2 Å². The fourth-order valence-corrected chi connectivity index (χ4v) is 5.25. The van der Waals surface area contributed by atoms with Crippen LogP contribution in [0.25, 0.3) is 0 Å². The number of hydrogen-bond donors (Lipinski definition) is 2. The van der Waals surface area contributed by atoms with Crippen molar-refractivity contribution >= 4 is 19.8 Å². The summed E-state index contributed by atoms with van der Waals surface area (Å²) < 4.78 is 26.1. The van der Waals surface area contributed by atoms with E-state index in [-0.39, 0.29) is 13.0 Å². The third-order valence-corrected chi connectivity index (χ3v) is 8.16. The topological polar surface area (TPSA) is 119 Å². The minimum Gasteiger partial charge on any atom is -0.458 e. The molecule has 1 atom stereocenters. The molecule has 9 heteroatoms. The molecule has 0 fully saturated rings. The second kappa shape index (κ2) is 33.9. The highest BCUT2D eigenvalue weighted by Gasteiger charge is 2.22. The maximum Gasteiger partial charge on any atom is 0.469 e. The van der Waals surface area contributed by atoms with Crippen LogP contribution < -0.4 is 0 Å². The lowest BCUT2D eigenvalue weighted by molar-refractivity contribution is -0.159. The standard InChI is InChI=1S/C38H67O8P/c1-3-5-7-9-11-13-15-17-19-21-22-24-26-28-30-32-37(39)44-34-36(35-45-47(41,42)43)46-38(40)33-31-29-27-25-23-20-18-16-14-12-10-8-6-4-2/h10,12,16,18,26,28,30,32,36H,3-9,11,13-15,17,19-25,27,29,31,33-35H2,1-2H3,(H2,41,42,43)/b12-10+,18-16+,28-26+,32-30+/t36-/m1/s1. The number of carbonyl (C=O) groups is 2. The van der Waals surface area contributed by atoms with E-state index in [0.29, 0.717) is 6.42 Å². The zero-order chi connectivity index (χ0) is 34.7. The monoisotopic (exact) mass is 682 g/mol. The summed E-state index contributed by atoms with van der Waals surface area (Å²) in [6, 6.07) is 0. The normalized spacial score (nSPS) is 13.0. The average Bonchev–Trinajstić information content (AvgIpc) is 3.03. The summed E-state index contributed by atoms with van der Waals surface area (Å²) in [4.78, 5) is 42.5. The first kappa shape index (κ1) is 45.0. The van der Waals surface area contributed by atoms with Gasteiger partial charge in [0, 0.05) is 12.5 Å². The van der Waals surface area contributed by atoms with Gasteiger partial charge in [0.15, 0.2) is 6.10 Å². The molecule has 0 saturated heterocycles. The Balaban J connectivity index is 4.11. The van der Waals surface area contributed by atoms with Gasteiger partial charge < -0.3 is 19.3 Å². The van der Waals surface area contributed by atoms with Crippen LogP contribution in [0.15, 0.2) is 48.6 Å². The summed E-state index contributed by atoms with van der Waals surface area (Å²) in [5, 5.41) is 0. The van der Waals surface area contributed by atoms with Gasteiger partial charge in [-0.15, -0.1) is 0 Å². The first-order chi connectivity index (χ1) is 22.8. The van der Waals surface area contributed by atoms with Crippen LogP contribution in [0.3, 0.4) is 0 Å². The molecule has 0 aromatic heterocycles. The Bertz CT molecular complexity index is 905. The van der Waals surface area contributed by atoms with E-state index in [9.17, 15) is 14.2 Å². The number of rotatable bonds is 33. The fraction of sp³-hybridized carbons (Fsp3) is 0.737. The molecule has 0 spiro atoms. The van der Waals surface area contributed by atoms with Gasteiger partial charge in [0.1, 0.15) is 6.61 Å². The highest BCUT2D eigenvalue weighted by atomic mass is 31.2. The molecule has 0 unspecified atom stereocenters. The van der Waals surface area contributed by atoms with Gasteiger partial charge in [-0.05, 0) is 44.9 Å². The van der Waals surface area contributed by atoms with E-state index in [1.807, 2.05) is 6.08 Å². The number of carbonyl (C=O) groups excluding carboxylic acids is 2. The van der Waals surface area contributed by atoms with E-state index in [0.717, 1.165) is 57.8 Å². The molecule has 0 radical (unpaired) electrons. The zero-order valence-corrected chi connectivity index (χ0v) is 30.6. The number of allylic oxidation sites excluding steroid dienone is 7.